The maximum absolute atomic E-state index is 13.0. The molecular formula is C17H15N5OS. The fourth-order valence-electron chi connectivity index (χ4n) is 2.82. The van der Waals surface area contributed by atoms with Crippen LogP contribution in [0.15, 0.2) is 60.7 Å². The Balaban J connectivity index is 1.66. The summed E-state index contributed by atoms with van der Waals surface area (Å²) in [7, 11) is 0. The number of benzene rings is 2. The third-order valence-electron chi connectivity index (χ3n) is 3.94. The monoisotopic (exact) mass is 337 g/mol. The standard InChI is InChI=1S/C17H15N5OS/c23-15-14(11-12-7-3-1-4-8-12)24-16(13-9-5-2-6-10-13)22(15)17-18-20-21-19-17/h1-10,14,16H,11H2,(H,18,19,20,21)/t14-,16+/m1/s1. The summed E-state index contributed by atoms with van der Waals surface area (Å²) in [5.74, 6) is 0.330. The maximum Gasteiger partial charge on any atom is 0.273 e. The molecule has 0 spiro atoms. The second-order valence-electron chi connectivity index (χ2n) is 5.50. The maximum atomic E-state index is 13.0. The van der Waals surface area contributed by atoms with Gasteiger partial charge in [0.25, 0.3) is 5.95 Å². The van der Waals surface area contributed by atoms with Crippen molar-refractivity contribution in [3.05, 3.63) is 71.8 Å². The lowest BCUT2D eigenvalue weighted by Gasteiger charge is -2.19. The van der Waals surface area contributed by atoms with Gasteiger partial charge in [-0.2, -0.15) is 5.21 Å². The van der Waals surface area contributed by atoms with E-state index < -0.39 is 0 Å². The predicted octanol–water partition coefficient (Wildman–Crippen LogP) is 2.59. The van der Waals surface area contributed by atoms with Crippen LogP contribution in [0.5, 0.6) is 0 Å². The van der Waals surface area contributed by atoms with Crippen molar-refractivity contribution in [1.82, 2.24) is 20.6 Å². The number of aromatic nitrogens is 4. The average molecular weight is 337 g/mol. The molecule has 1 amide bonds. The van der Waals surface area contributed by atoms with Gasteiger partial charge in [-0.15, -0.1) is 16.9 Å². The van der Waals surface area contributed by atoms with E-state index in [2.05, 4.69) is 20.6 Å². The number of amides is 1. The van der Waals surface area contributed by atoms with Crippen molar-refractivity contribution in [2.24, 2.45) is 0 Å². The zero-order valence-corrected chi connectivity index (χ0v) is 13.6. The van der Waals surface area contributed by atoms with E-state index in [4.69, 9.17) is 0 Å². The molecule has 0 aliphatic carbocycles. The second-order valence-corrected chi connectivity index (χ2v) is 6.79. The number of nitrogens with zero attached hydrogens (tertiary/aromatic N) is 4. The van der Waals surface area contributed by atoms with Crippen molar-refractivity contribution in [2.75, 3.05) is 4.90 Å². The molecule has 2 heterocycles. The second kappa shape index (κ2) is 6.45. The quantitative estimate of drug-likeness (QED) is 0.792. The molecule has 7 heteroatoms. The number of carbonyl (C=O) groups is 1. The molecule has 3 aromatic rings. The van der Waals surface area contributed by atoms with Gasteiger partial charge in [0.05, 0.1) is 5.25 Å². The number of carbonyl (C=O) groups excluding carboxylic acids is 1. The number of H-pyrrole nitrogens is 1. The van der Waals surface area contributed by atoms with Gasteiger partial charge >= 0.3 is 0 Å². The van der Waals surface area contributed by atoms with Crippen LogP contribution in [0.1, 0.15) is 16.5 Å². The highest BCUT2D eigenvalue weighted by molar-refractivity contribution is 8.01. The van der Waals surface area contributed by atoms with Crippen LogP contribution >= 0.6 is 11.8 Å². The van der Waals surface area contributed by atoms with Gasteiger partial charge in [0.15, 0.2) is 0 Å². The summed E-state index contributed by atoms with van der Waals surface area (Å²) in [6, 6.07) is 20.0. The Hall–Kier alpha value is -2.67. The normalized spacial score (nSPS) is 20.5. The molecule has 1 aliphatic rings. The first-order valence-corrected chi connectivity index (χ1v) is 8.58. The fourth-order valence-corrected chi connectivity index (χ4v) is 4.28. The molecule has 0 radical (unpaired) electrons. The largest absolute Gasteiger partial charge is 0.273 e. The Bertz CT molecular complexity index is 810. The van der Waals surface area contributed by atoms with E-state index in [1.54, 1.807) is 16.7 Å². The number of tetrazole rings is 1. The Labute approximate surface area is 143 Å². The van der Waals surface area contributed by atoms with Gasteiger partial charge in [-0.05, 0) is 22.8 Å². The van der Waals surface area contributed by atoms with Gasteiger partial charge in [0, 0.05) is 0 Å². The van der Waals surface area contributed by atoms with Crippen LogP contribution in [0.25, 0.3) is 0 Å². The van der Waals surface area contributed by atoms with Gasteiger partial charge < -0.3 is 0 Å². The average Bonchev–Trinajstić information content (AvgIpc) is 3.25. The molecule has 1 N–H and O–H groups in total. The van der Waals surface area contributed by atoms with Crippen LogP contribution in [0.4, 0.5) is 5.95 Å². The van der Waals surface area contributed by atoms with Gasteiger partial charge in [0.2, 0.25) is 5.91 Å². The lowest BCUT2D eigenvalue weighted by atomic mass is 10.1. The highest BCUT2D eigenvalue weighted by Crippen LogP contribution is 2.45. The van der Waals surface area contributed by atoms with E-state index >= 15 is 0 Å². The first-order chi connectivity index (χ1) is 11.8. The summed E-state index contributed by atoms with van der Waals surface area (Å²) >= 11 is 1.63. The first-order valence-electron chi connectivity index (χ1n) is 7.64. The molecule has 1 saturated heterocycles. The molecule has 0 unspecified atom stereocenters. The van der Waals surface area contributed by atoms with E-state index in [-0.39, 0.29) is 16.5 Å². The number of nitrogens with one attached hydrogen (secondary N) is 1. The Morgan fingerprint density at radius 2 is 1.75 bits per heavy atom. The van der Waals surface area contributed by atoms with Crippen molar-refractivity contribution in [1.29, 1.82) is 0 Å². The number of anilines is 1. The highest BCUT2D eigenvalue weighted by atomic mass is 32.2. The van der Waals surface area contributed by atoms with Crippen LogP contribution in [-0.4, -0.2) is 31.8 Å². The lowest BCUT2D eigenvalue weighted by Crippen LogP contribution is -2.32. The summed E-state index contributed by atoms with van der Waals surface area (Å²) in [6.45, 7) is 0. The van der Waals surface area contributed by atoms with Crippen LogP contribution in [0, 0.1) is 0 Å². The van der Waals surface area contributed by atoms with Crippen LogP contribution in [0.3, 0.4) is 0 Å². The number of aromatic amines is 1. The van der Waals surface area contributed by atoms with Crippen molar-refractivity contribution >= 4 is 23.6 Å². The third-order valence-corrected chi connectivity index (χ3v) is 5.38. The fraction of sp³-hybridized carbons (Fsp3) is 0.176. The molecule has 4 rings (SSSR count). The summed E-state index contributed by atoms with van der Waals surface area (Å²) in [5, 5.41) is 13.7. The minimum atomic E-state index is -0.170. The summed E-state index contributed by atoms with van der Waals surface area (Å²) in [6.07, 6.45) is 0.683. The topological polar surface area (TPSA) is 74.8 Å². The molecule has 6 nitrogen and oxygen atoms in total. The zero-order chi connectivity index (χ0) is 16.4. The van der Waals surface area contributed by atoms with Crippen LogP contribution in [-0.2, 0) is 11.2 Å². The minimum Gasteiger partial charge on any atom is -0.273 e. The summed E-state index contributed by atoms with van der Waals surface area (Å²) < 4.78 is 0. The van der Waals surface area contributed by atoms with Crippen molar-refractivity contribution in [3.63, 3.8) is 0 Å². The molecule has 1 fully saturated rings. The van der Waals surface area contributed by atoms with Crippen LogP contribution < -0.4 is 4.90 Å². The molecule has 120 valence electrons. The third kappa shape index (κ3) is 2.78. The molecule has 24 heavy (non-hydrogen) atoms. The summed E-state index contributed by atoms with van der Waals surface area (Å²) in [4.78, 5) is 14.6. The number of hydrogen-bond donors (Lipinski definition) is 1. The van der Waals surface area contributed by atoms with Crippen molar-refractivity contribution < 1.29 is 4.79 Å². The molecule has 0 bridgehead atoms. The molecule has 2 aromatic carbocycles. The molecule has 1 aliphatic heterocycles. The predicted molar refractivity (Wildman–Crippen MR) is 92.4 cm³/mol. The van der Waals surface area contributed by atoms with Gasteiger partial charge in [-0.25, -0.2) is 0 Å². The SMILES string of the molecule is O=C1[C@@H](Cc2ccccc2)S[C@@H](c2ccccc2)N1c1nn[nH]n1. The molecule has 0 saturated carbocycles. The number of rotatable bonds is 4. The van der Waals surface area contributed by atoms with E-state index in [1.807, 2.05) is 60.7 Å². The molecule has 2 atom stereocenters. The summed E-state index contributed by atoms with van der Waals surface area (Å²) in [5.41, 5.74) is 2.20. The highest BCUT2D eigenvalue weighted by Gasteiger charge is 2.43. The Morgan fingerprint density at radius 3 is 2.42 bits per heavy atom. The van der Waals surface area contributed by atoms with Crippen LogP contribution in [0.2, 0.25) is 0 Å². The smallest absolute Gasteiger partial charge is 0.273 e. The van der Waals surface area contributed by atoms with E-state index in [1.165, 1.54) is 0 Å². The number of thioether (sulfide) groups is 1. The number of hydrogen-bond acceptors (Lipinski definition) is 5. The minimum absolute atomic E-state index is 0.0131. The van der Waals surface area contributed by atoms with Gasteiger partial charge in [-0.3, -0.25) is 9.69 Å². The van der Waals surface area contributed by atoms with Gasteiger partial charge in [-0.1, -0.05) is 65.8 Å². The Kier molecular flexibility index (Phi) is 4.00. The van der Waals surface area contributed by atoms with E-state index in [0.717, 1.165) is 11.1 Å². The first kappa shape index (κ1) is 14.9. The lowest BCUT2D eigenvalue weighted by molar-refractivity contribution is -0.117. The van der Waals surface area contributed by atoms with E-state index in [9.17, 15) is 4.79 Å². The molecular weight excluding hydrogens is 322 g/mol. The van der Waals surface area contributed by atoms with Crippen molar-refractivity contribution in [3.8, 4) is 0 Å². The van der Waals surface area contributed by atoms with Crippen molar-refractivity contribution in [2.45, 2.75) is 17.0 Å². The Morgan fingerprint density at radius 1 is 1.04 bits per heavy atom. The molecule has 1 aromatic heterocycles. The van der Waals surface area contributed by atoms with Gasteiger partial charge in [0.1, 0.15) is 5.37 Å². The zero-order valence-electron chi connectivity index (χ0n) is 12.7. The van der Waals surface area contributed by atoms with E-state index in [0.29, 0.717) is 12.4 Å².